The molecule has 2 aliphatic rings. The monoisotopic (exact) mass is 333 g/mol. The molecular formula is C17H23N3O4. The second kappa shape index (κ2) is 7.09. The van der Waals surface area contributed by atoms with Crippen molar-refractivity contribution >= 4 is 11.9 Å². The lowest BCUT2D eigenvalue weighted by Crippen LogP contribution is -2.53. The second-order valence-corrected chi connectivity index (χ2v) is 6.03. The Kier molecular flexibility index (Phi) is 4.89. The Bertz CT molecular complexity index is 604. The molecule has 7 nitrogen and oxygen atoms in total. The van der Waals surface area contributed by atoms with E-state index in [4.69, 9.17) is 9.47 Å². The number of carbonyl (C=O) groups is 2. The van der Waals surface area contributed by atoms with Gasteiger partial charge in [-0.2, -0.15) is 0 Å². The Hall–Kier alpha value is -2.28. The van der Waals surface area contributed by atoms with E-state index in [0.29, 0.717) is 26.2 Å². The van der Waals surface area contributed by atoms with Crippen LogP contribution in [0.2, 0.25) is 0 Å². The summed E-state index contributed by atoms with van der Waals surface area (Å²) in [7, 11) is 1.62. The first kappa shape index (κ1) is 16.6. The molecule has 0 aliphatic carbocycles. The van der Waals surface area contributed by atoms with Gasteiger partial charge in [0.1, 0.15) is 12.4 Å². The molecule has 0 spiro atoms. The molecule has 0 bridgehead atoms. The lowest BCUT2D eigenvalue weighted by atomic mass is 10.1. The molecule has 2 unspecified atom stereocenters. The van der Waals surface area contributed by atoms with Crippen LogP contribution in [0, 0.1) is 0 Å². The van der Waals surface area contributed by atoms with Gasteiger partial charge in [0.25, 0.3) is 0 Å². The molecule has 24 heavy (non-hydrogen) atoms. The van der Waals surface area contributed by atoms with Crippen molar-refractivity contribution in [1.29, 1.82) is 0 Å². The topological polar surface area (TPSA) is 71.1 Å². The van der Waals surface area contributed by atoms with E-state index in [1.807, 2.05) is 36.1 Å². The molecule has 0 saturated carbocycles. The van der Waals surface area contributed by atoms with Crippen molar-refractivity contribution in [2.24, 2.45) is 0 Å². The van der Waals surface area contributed by atoms with Gasteiger partial charge in [-0.1, -0.05) is 12.1 Å². The van der Waals surface area contributed by atoms with Crippen LogP contribution in [0.3, 0.4) is 0 Å². The standard InChI is InChI=1S/C17H23N3O4/c1-3-18-17(22)19-9-14-15(10-19)24-11-16(21)20(14)8-12-4-6-13(23-2)7-5-12/h4-7,14-15H,3,8-11H2,1-2H3,(H,18,22). The number of amides is 3. The maximum Gasteiger partial charge on any atom is 0.317 e. The molecule has 0 radical (unpaired) electrons. The van der Waals surface area contributed by atoms with Crippen molar-refractivity contribution in [3.63, 3.8) is 0 Å². The van der Waals surface area contributed by atoms with Crippen LogP contribution in [0.4, 0.5) is 4.79 Å². The molecule has 2 saturated heterocycles. The van der Waals surface area contributed by atoms with Gasteiger partial charge >= 0.3 is 6.03 Å². The van der Waals surface area contributed by atoms with E-state index in [9.17, 15) is 9.59 Å². The van der Waals surface area contributed by atoms with Gasteiger partial charge in [-0.3, -0.25) is 4.79 Å². The Morgan fingerprint density at radius 2 is 2.08 bits per heavy atom. The van der Waals surface area contributed by atoms with Gasteiger partial charge in [0.15, 0.2) is 0 Å². The van der Waals surface area contributed by atoms with Crippen molar-refractivity contribution in [3.05, 3.63) is 29.8 Å². The highest BCUT2D eigenvalue weighted by molar-refractivity contribution is 5.79. The van der Waals surface area contributed by atoms with Gasteiger partial charge in [0.05, 0.1) is 25.8 Å². The van der Waals surface area contributed by atoms with Crippen LogP contribution in [-0.4, -0.2) is 67.2 Å². The second-order valence-electron chi connectivity index (χ2n) is 6.03. The van der Waals surface area contributed by atoms with Gasteiger partial charge in [0.2, 0.25) is 5.91 Å². The van der Waals surface area contributed by atoms with Gasteiger partial charge < -0.3 is 24.6 Å². The first-order valence-corrected chi connectivity index (χ1v) is 8.19. The number of urea groups is 1. The molecule has 0 aromatic heterocycles. The lowest BCUT2D eigenvalue weighted by molar-refractivity contribution is -0.153. The van der Waals surface area contributed by atoms with Crippen LogP contribution in [0.1, 0.15) is 12.5 Å². The molecular weight excluding hydrogens is 310 g/mol. The summed E-state index contributed by atoms with van der Waals surface area (Å²) in [5.41, 5.74) is 1.03. The first-order valence-electron chi connectivity index (χ1n) is 8.19. The van der Waals surface area contributed by atoms with Crippen LogP contribution in [0.15, 0.2) is 24.3 Å². The van der Waals surface area contributed by atoms with E-state index in [1.54, 1.807) is 12.0 Å². The number of nitrogens with zero attached hydrogens (tertiary/aromatic N) is 2. The van der Waals surface area contributed by atoms with Gasteiger partial charge in [-0.05, 0) is 24.6 Å². The van der Waals surface area contributed by atoms with Crippen molar-refractivity contribution in [1.82, 2.24) is 15.1 Å². The third-order valence-corrected chi connectivity index (χ3v) is 4.51. The van der Waals surface area contributed by atoms with Crippen LogP contribution in [0.5, 0.6) is 5.75 Å². The molecule has 3 rings (SSSR count). The van der Waals surface area contributed by atoms with E-state index in [1.165, 1.54) is 0 Å². The fraction of sp³-hybridized carbons (Fsp3) is 0.529. The van der Waals surface area contributed by atoms with Crippen molar-refractivity contribution in [3.8, 4) is 5.75 Å². The van der Waals surface area contributed by atoms with E-state index < -0.39 is 0 Å². The SMILES string of the molecule is CCNC(=O)N1CC2OCC(=O)N(Cc3ccc(OC)cc3)C2C1. The van der Waals surface area contributed by atoms with Crippen LogP contribution >= 0.6 is 0 Å². The summed E-state index contributed by atoms with van der Waals surface area (Å²) in [5, 5.41) is 2.80. The van der Waals surface area contributed by atoms with Gasteiger partial charge in [-0.15, -0.1) is 0 Å². The maximum absolute atomic E-state index is 12.3. The predicted octanol–water partition coefficient (Wildman–Crippen LogP) is 0.836. The Balaban J connectivity index is 1.71. The number of benzene rings is 1. The number of rotatable bonds is 4. The fourth-order valence-electron chi connectivity index (χ4n) is 3.23. The summed E-state index contributed by atoms with van der Waals surface area (Å²) in [6.07, 6.45) is -0.122. The maximum atomic E-state index is 12.3. The molecule has 130 valence electrons. The van der Waals surface area contributed by atoms with Crippen LogP contribution in [0.25, 0.3) is 0 Å². The third-order valence-electron chi connectivity index (χ3n) is 4.51. The summed E-state index contributed by atoms with van der Waals surface area (Å²) in [6.45, 7) is 4.06. The summed E-state index contributed by atoms with van der Waals surface area (Å²) in [4.78, 5) is 27.9. The molecule has 2 fully saturated rings. The molecule has 2 heterocycles. The van der Waals surface area contributed by atoms with Crippen molar-refractivity contribution in [2.75, 3.05) is 33.4 Å². The molecule has 1 aromatic rings. The highest BCUT2D eigenvalue weighted by atomic mass is 16.5. The number of morpholine rings is 1. The van der Waals surface area contributed by atoms with E-state index in [-0.39, 0.29) is 30.7 Å². The van der Waals surface area contributed by atoms with Crippen molar-refractivity contribution in [2.45, 2.75) is 25.6 Å². The minimum Gasteiger partial charge on any atom is -0.497 e. The van der Waals surface area contributed by atoms with Gasteiger partial charge in [-0.25, -0.2) is 4.79 Å². The summed E-state index contributed by atoms with van der Waals surface area (Å²) in [5.74, 6) is 0.748. The summed E-state index contributed by atoms with van der Waals surface area (Å²) >= 11 is 0. The van der Waals surface area contributed by atoms with Crippen LogP contribution < -0.4 is 10.1 Å². The number of carbonyl (C=O) groups excluding carboxylic acids is 2. The number of hydrogen-bond acceptors (Lipinski definition) is 4. The molecule has 7 heteroatoms. The average molecular weight is 333 g/mol. The van der Waals surface area contributed by atoms with Crippen molar-refractivity contribution < 1.29 is 19.1 Å². The Morgan fingerprint density at radius 1 is 1.33 bits per heavy atom. The smallest absolute Gasteiger partial charge is 0.317 e. The van der Waals surface area contributed by atoms with E-state index in [0.717, 1.165) is 11.3 Å². The fourth-order valence-corrected chi connectivity index (χ4v) is 3.23. The highest BCUT2D eigenvalue weighted by Crippen LogP contribution is 2.25. The predicted molar refractivity (Wildman–Crippen MR) is 87.7 cm³/mol. The summed E-state index contributed by atoms with van der Waals surface area (Å²) < 4.78 is 10.8. The Morgan fingerprint density at radius 3 is 2.75 bits per heavy atom. The number of ether oxygens (including phenoxy) is 2. The number of nitrogens with one attached hydrogen (secondary N) is 1. The number of methoxy groups -OCH3 is 1. The van der Waals surface area contributed by atoms with Gasteiger partial charge in [0, 0.05) is 19.6 Å². The number of fused-ring (bicyclic) bond motifs is 1. The minimum atomic E-state index is -0.122. The summed E-state index contributed by atoms with van der Waals surface area (Å²) in [6, 6.07) is 7.46. The molecule has 2 aliphatic heterocycles. The third kappa shape index (κ3) is 3.31. The van der Waals surface area contributed by atoms with Crippen LogP contribution in [-0.2, 0) is 16.1 Å². The zero-order valence-corrected chi connectivity index (χ0v) is 14.0. The Labute approximate surface area is 141 Å². The molecule has 2 atom stereocenters. The molecule has 1 aromatic carbocycles. The molecule has 3 amide bonds. The number of likely N-dealkylation sites (tertiary alicyclic amines) is 1. The zero-order chi connectivity index (χ0) is 17.1. The zero-order valence-electron chi connectivity index (χ0n) is 14.0. The molecule has 1 N–H and O–H groups in total. The highest BCUT2D eigenvalue weighted by Gasteiger charge is 2.44. The average Bonchev–Trinajstić information content (AvgIpc) is 3.03. The van der Waals surface area contributed by atoms with E-state index in [2.05, 4.69) is 5.32 Å². The number of hydrogen-bond donors (Lipinski definition) is 1. The largest absolute Gasteiger partial charge is 0.497 e. The quantitative estimate of drug-likeness (QED) is 0.886. The minimum absolute atomic E-state index is 0.0372. The first-order chi connectivity index (χ1) is 11.6. The lowest BCUT2D eigenvalue weighted by Gasteiger charge is -2.36. The van der Waals surface area contributed by atoms with E-state index >= 15 is 0 Å². The normalized spacial score (nSPS) is 23.2.